The number of nitrogens with one attached hydrogen (secondary N) is 2. The van der Waals surface area contributed by atoms with E-state index < -0.39 is 0 Å². The molecule has 1 aromatic rings. The lowest BCUT2D eigenvalue weighted by Gasteiger charge is -2.21. The Labute approximate surface area is 126 Å². The summed E-state index contributed by atoms with van der Waals surface area (Å²) in [5.74, 6) is 0. The van der Waals surface area contributed by atoms with Crippen LogP contribution in [0, 0.1) is 0 Å². The maximum absolute atomic E-state index is 11.6. The molecule has 0 aromatic heterocycles. The van der Waals surface area contributed by atoms with Gasteiger partial charge in [-0.3, -0.25) is 9.80 Å². The van der Waals surface area contributed by atoms with Crippen LogP contribution < -0.4 is 15.5 Å². The van der Waals surface area contributed by atoms with Gasteiger partial charge in [0.1, 0.15) is 0 Å². The SMILES string of the molecule is CC(C)N1CCC(Nc2ccc(N3CCNC3=O)cc2)C1. The number of anilines is 2. The molecule has 2 fully saturated rings. The third kappa shape index (κ3) is 3.13. The molecule has 0 bridgehead atoms. The second kappa shape index (κ2) is 5.93. The van der Waals surface area contributed by atoms with Crippen molar-refractivity contribution in [2.45, 2.75) is 32.4 Å². The van der Waals surface area contributed by atoms with Crippen molar-refractivity contribution >= 4 is 17.4 Å². The highest BCUT2D eigenvalue weighted by atomic mass is 16.2. The molecule has 2 aliphatic heterocycles. The summed E-state index contributed by atoms with van der Waals surface area (Å²) in [6.45, 7) is 8.25. The first-order valence-electron chi connectivity index (χ1n) is 7.79. The molecule has 2 heterocycles. The average molecular weight is 288 g/mol. The minimum absolute atomic E-state index is 0.000854. The Kier molecular flexibility index (Phi) is 4.01. The second-order valence-electron chi connectivity index (χ2n) is 6.15. The van der Waals surface area contributed by atoms with E-state index in [-0.39, 0.29) is 6.03 Å². The average Bonchev–Trinajstić information content (AvgIpc) is 3.09. The van der Waals surface area contributed by atoms with Crippen molar-refractivity contribution in [3.63, 3.8) is 0 Å². The fourth-order valence-electron chi connectivity index (χ4n) is 3.07. The van der Waals surface area contributed by atoms with Gasteiger partial charge < -0.3 is 10.6 Å². The van der Waals surface area contributed by atoms with Crippen LogP contribution in [-0.2, 0) is 0 Å². The zero-order chi connectivity index (χ0) is 14.8. The van der Waals surface area contributed by atoms with Gasteiger partial charge in [-0.25, -0.2) is 4.79 Å². The maximum Gasteiger partial charge on any atom is 0.321 e. The van der Waals surface area contributed by atoms with Crippen LogP contribution in [-0.4, -0.2) is 49.2 Å². The van der Waals surface area contributed by atoms with Crippen molar-refractivity contribution in [3.8, 4) is 0 Å². The van der Waals surface area contributed by atoms with Crippen LogP contribution in [0.2, 0.25) is 0 Å². The van der Waals surface area contributed by atoms with E-state index in [1.54, 1.807) is 4.90 Å². The zero-order valence-electron chi connectivity index (χ0n) is 12.8. The van der Waals surface area contributed by atoms with E-state index in [2.05, 4.69) is 41.5 Å². The Bertz CT molecular complexity index is 500. The van der Waals surface area contributed by atoms with Gasteiger partial charge in [-0.1, -0.05) is 0 Å². The topological polar surface area (TPSA) is 47.6 Å². The van der Waals surface area contributed by atoms with Crippen molar-refractivity contribution < 1.29 is 4.79 Å². The first-order chi connectivity index (χ1) is 10.1. The van der Waals surface area contributed by atoms with Crippen molar-refractivity contribution in [1.82, 2.24) is 10.2 Å². The van der Waals surface area contributed by atoms with Crippen LogP contribution in [0.25, 0.3) is 0 Å². The van der Waals surface area contributed by atoms with Gasteiger partial charge in [-0.2, -0.15) is 0 Å². The Morgan fingerprint density at radius 1 is 1.24 bits per heavy atom. The number of carbonyl (C=O) groups excluding carboxylic acids is 1. The number of rotatable bonds is 4. The molecule has 21 heavy (non-hydrogen) atoms. The van der Waals surface area contributed by atoms with Crippen LogP contribution in [0.15, 0.2) is 24.3 Å². The van der Waals surface area contributed by atoms with Crippen molar-refractivity contribution in [1.29, 1.82) is 0 Å². The molecular formula is C16H24N4O. The molecule has 1 atom stereocenters. The van der Waals surface area contributed by atoms with E-state index in [9.17, 15) is 4.79 Å². The molecule has 2 saturated heterocycles. The molecule has 5 heteroatoms. The van der Waals surface area contributed by atoms with E-state index in [0.29, 0.717) is 12.1 Å². The molecule has 1 aromatic carbocycles. The van der Waals surface area contributed by atoms with Crippen LogP contribution in [0.5, 0.6) is 0 Å². The lowest BCUT2D eigenvalue weighted by molar-refractivity contribution is 0.252. The molecule has 0 aliphatic carbocycles. The van der Waals surface area contributed by atoms with Crippen LogP contribution in [0.3, 0.4) is 0 Å². The van der Waals surface area contributed by atoms with Gasteiger partial charge in [0.15, 0.2) is 0 Å². The predicted octanol–water partition coefficient (Wildman–Crippen LogP) is 2.11. The first-order valence-corrected chi connectivity index (χ1v) is 7.79. The second-order valence-corrected chi connectivity index (χ2v) is 6.15. The van der Waals surface area contributed by atoms with Crippen LogP contribution >= 0.6 is 0 Å². The summed E-state index contributed by atoms with van der Waals surface area (Å²) >= 11 is 0. The molecule has 114 valence electrons. The molecule has 5 nitrogen and oxygen atoms in total. The molecule has 0 radical (unpaired) electrons. The Morgan fingerprint density at radius 2 is 2.00 bits per heavy atom. The van der Waals surface area contributed by atoms with E-state index in [1.807, 2.05) is 12.1 Å². The summed E-state index contributed by atoms with van der Waals surface area (Å²) in [4.78, 5) is 15.9. The van der Waals surface area contributed by atoms with Crippen LogP contribution in [0.4, 0.5) is 16.2 Å². The van der Waals surface area contributed by atoms with Gasteiger partial charge >= 0.3 is 6.03 Å². The normalized spacial score (nSPS) is 22.9. The Morgan fingerprint density at radius 3 is 2.57 bits per heavy atom. The van der Waals surface area contributed by atoms with Gasteiger partial charge in [0.05, 0.1) is 0 Å². The molecular weight excluding hydrogens is 264 g/mol. The van der Waals surface area contributed by atoms with E-state index in [0.717, 1.165) is 31.0 Å². The minimum Gasteiger partial charge on any atom is -0.381 e. The monoisotopic (exact) mass is 288 g/mol. The van der Waals surface area contributed by atoms with Crippen LogP contribution in [0.1, 0.15) is 20.3 Å². The van der Waals surface area contributed by atoms with Crippen molar-refractivity contribution in [3.05, 3.63) is 24.3 Å². The summed E-state index contributed by atoms with van der Waals surface area (Å²) < 4.78 is 0. The summed E-state index contributed by atoms with van der Waals surface area (Å²) in [5, 5.41) is 6.42. The fraction of sp³-hybridized carbons (Fsp3) is 0.562. The number of benzene rings is 1. The summed E-state index contributed by atoms with van der Waals surface area (Å²) in [6, 6.07) is 9.31. The number of hydrogen-bond acceptors (Lipinski definition) is 3. The summed E-state index contributed by atoms with van der Waals surface area (Å²) in [7, 11) is 0. The van der Waals surface area contributed by atoms with E-state index in [4.69, 9.17) is 0 Å². The number of likely N-dealkylation sites (tertiary alicyclic amines) is 1. The molecule has 2 aliphatic rings. The highest BCUT2D eigenvalue weighted by Crippen LogP contribution is 2.22. The van der Waals surface area contributed by atoms with Crippen molar-refractivity contribution in [2.75, 3.05) is 36.4 Å². The number of carbonyl (C=O) groups is 1. The number of urea groups is 1. The van der Waals surface area contributed by atoms with Gasteiger partial charge in [0, 0.05) is 49.6 Å². The standard InChI is InChI=1S/C16H24N4O/c1-12(2)19-9-7-14(11-19)18-13-3-5-15(6-4-13)20-10-8-17-16(20)21/h3-6,12,14,18H,7-11H2,1-2H3,(H,17,21). The van der Waals surface area contributed by atoms with E-state index in [1.165, 1.54) is 13.0 Å². The molecule has 3 rings (SSSR count). The van der Waals surface area contributed by atoms with Gasteiger partial charge in [-0.05, 0) is 44.5 Å². The largest absolute Gasteiger partial charge is 0.381 e. The third-order valence-corrected chi connectivity index (χ3v) is 4.36. The summed E-state index contributed by atoms with van der Waals surface area (Å²) in [5.41, 5.74) is 2.10. The predicted molar refractivity (Wildman–Crippen MR) is 85.9 cm³/mol. The molecule has 2 amide bonds. The smallest absolute Gasteiger partial charge is 0.321 e. The molecule has 2 N–H and O–H groups in total. The van der Waals surface area contributed by atoms with Gasteiger partial charge in [0.25, 0.3) is 0 Å². The molecule has 0 spiro atoms. The molecule has 1 unspecified atom stereocenters. The van der Waals surface area contributed by atoms with Gasteiger partial charge in [-0.15, -0.1) is 0 Å². The Balaban J connectivity index is 1.59. The number of hydrogen-bond donors (Lipinski definition) is 2. The summed E-state index contributed by atoms with van der Waals surface area (Å²) in [6.07, 6.45) is 1.19. The highest BCUT2D eigenvalue weighted by Gasteiger charge is 2.24. The third-order valence-electron chi connectivity index (χ3n) is 4.36. The lowest BCUT2D eigenvalue weighted by Crippen LogP contribution is -2.31. The lowest BCUT2D eigenvalue weighted by atomic mass is 10.2. The quantitative estimate of drug-likeness (QED) is 0.892. The van der Waals surface area contributed by atoms with E-state index >= 15 is 0 Å². The molecule has 0 saturated carbocycles. The zero-order valence-corrected chi connectivity index (χ0v) is 12.8. The Hall–Kier alpha value is -1.75. The minimum atomic E-state index is -0.000854. The maximum atomic E-state index is 11.6. The first kappa shape index (κ1) is 14.2. The number of amides is 2. The fourth-order valence-corrected chi connectivity index (χ4v) is 3.07. The highest BCUT2D eigenvalue weighted by molar-refractivity contribution is 5.94. The van der Waals surface area contributed by atoms with Gasteiger partial charge in [0.2, 0.25) is 0 Å². The van der Waals surface area contributed by atoms with Crippen molar-refractivity contribution in [2.24, 2.45) is 0 Å². The number of nitrogens with zero attached hydrogens (tertiary/aromatic N) is 2.